The van der Waals surface area contributed by atoms with Crippen LogP contribution in [0, 0.1) is 11.3 Å². The van der Waals surface area contributed by atoms with Gasteiger partial charge in [0.2, 0.25) is 16.4 Å². The summed E-state index contributed by atoms with van der Waals surface area (Å²) in [6.07, 6.45) is -5.28. The number of nitriles is 1. The third-order valence-corrected chi connectivity index (χ3v) is 4.94. The number of halogens is 3. The summed E-state index contributed by atoms with van der Waals surface area (Å²) < 4.78 is 44.0. The predicted molar refractivity (Wildman–Crippen MR) is 95.0 cm³/mol. The molecule has 1 unspecified atom stereocenters. The number of alkyl halides is 3. The summed E-state index contributed by atoms with van der Waals surface area (Å²) in [5, 5.41) is 14.0. The van der Waals surface area contributed by atoms with Crippen LogP contribution < -0.4 is 4.90 Å². The third-order valence-electron chi connectivity index (χ3n) is 3.97. The summed E-state index contributed by atoms with van der Waals surface area (Å²) in [6, 6.07) is 7.02. The van der Waals surface area contributed by atoms with E-state index in [2.05, 4.69) is 10.2 Å². The molecule has 2 amide bonds. The molecule has 12 heteroatoms. The zero-order valence-corrected chi connectivity index (χ0v) is 15.8. The molecule has 1 atom stereocenters. The first-order valence-electron chi connectivity index (χ1n) is 8.44. The minimum absolute atomic E-state index is 0.0305. The van der Waals surface area contributed by atoms with Crippen molar-refractivity contribution in [1.82, 2.24) is 15.1 Å². The van der Waals surface area contributed by atoms with Crippen molar-refractivity contribution in [3.05, 3.63) is 40.4 Å². The number of amides is 2. The monoisotopic (exact) mass is 425 g/mol. The summed E-state index contributed by atoms with van der Waals surface area (Å²) in [7, 11) is 0. The van der Waals surface area contributed by atoms with Crippen molar-refractivity contribution in [3.63, 3.8) is 0 Å². The second-order valence-electron chi connectivity index (χ2n) is 6.04. The highest BCUT2D eigenvalue weighted by Crippen LogP contribution is 2.36. The average molecular weight is 425 g/mol. The Morgan fingerprint density at radius 3 is 2.79 bits per heavy atom. The maximum absolute atomic E-state index is 12.9. The van der Waals surface area contributed by atoms with Crippen molar-refractivity contribution >= 4 is 28.5 Å². The van der Waals surface area contributed by atoms with Crippen LogP contribution in [-0.4, -0.2) is 46.4 Å². The highest BCUT2D eigenvalue weighted by molar-refractivity contribution is 7.15. The van der Waals surface area contributed by atoms with E-state index in [4.69, 9.17) is 10.00 Å². The van der Waals surface area contributed by atoms with E-state index >= 15 is 0 Å². The number of esters is 1. The largest absolute Gasteiger partial charge is 0.445 e. The Kier molecular flexibility index (Phi) is 5.69. The topological polar surface area (TPSA) is 99.4 Å². The number of carbonyl (C=O) groups is 2. The number of ether oxygens (including phenoxy) is 1. The fourth-order valence-electron chi connectivity index (χ4n) is 2.71. The smallest absolute Gasteiger partial charge is 0.435 e. The van der Waals surface area contributed by atoms with E-state index in [0.29, 0.717) is 13.0 Å². The van der Waals surface area contributed by atoms with E-state index in [1.54, 1.807) is 0 Å². The molecule has 2 heterocycles. The van der Waals surface area contributed by atoms with Crippen LogP contribution in [0.4, 0.5) is 23.1 Å². The van der Waals surface area contributed by atoms with E-state index < -0.39 is 29.4 Å². The second-order valence-corrected chi connectivity index (χ2v) is 6.99. The number of rotatable bonds is 5. The molecule has 0 N–H and O–H groups in total. The summed E-state index contributed by atoms with van der Waals surface area (Å²) in [5.74, 6) is -0.816. The third kappa shape index (κ3) is 4.29. The van der Waals surface area contributed by atoms with Crippen LogP contribution in [0.25, 0.3) is 0 Å². The maximum atomic E-state index is 12.9. The van der Waals surface area contributed by atoms with Gasteiger partial charge in [-0.3, -0.25) is 0 Å². The predicted octanol–water partition coefficient (Wildman–Crippen LogP) is 3.26. The van der Waals surface area contributed by atoms with E-state index in [1.807, 2.05) is 13.0 Å². The Morgan fingerprint density at radius 1 is 1.41 bits per heavy atom. The lowest BCUT2D eigenvalue weighted by Gasteiger charge is -2.19. The van der Waals surface area contributed by atoms with Gasteiger partial charge in [0.05, 0.1) is 23.7 Å². The molecule has 1 fully saturated rings. The van der Waals surface area contributed by atoms with Gasteiger partial charge in [-0.2, -0.15) is 18.4 Å². The van der Waals surface area contributed by atoms with Crippen LogP contribution in [-0.2, 0) is 10.9 Å². The SMILES string of the molecule is CCCN1CC(OC(=O)c2cccc(C#N)c2)N(c2nnc(C(F)(F)F)s2)C1=O. The van der Waals surface area contributed by atoms with Crippen molar-refractivity contribution < 1.29 is 27.5 Å². The number of hydrogen-bond donors (Lipinski definition) is 0. The summed E-state index contributed by atoms with van der Waals surface area (Å²) in [5.41, 5.74) is 0.323. The van der Waals surface area contributed by atoms with Gasteiger partial charge in [-0.05, 0) is 24.6 Å². The van der Waals surface area contributed by atoms with E-state index in [9.17, 15) is 22.8 Å². The number of benzene rings is 1. The highest BCUT2D eigenvalue weighted by atomic mass is 32.1. The zero-order chi connectivity index (χ0) is 21.2. The molecule has 29 heavy (non-hydrogen) atoms. The molecule has 2 aromatic rings. The van der Waals surface area contributed by atoms with Crippen molar-refractivity contribution in [2.45, 2.75) is 25.7 Å². The lowest BCUT2D eigenvalue weighted by molar-refractivity contribution is -0.138. The fourth-order valence-corrected chi connectivity index (χ4v) is 3.46. The normalized spacial score (nSPS) is 16.8. The van der Waals surface area contributed by atoms with Crippen LogP contribution in [0.2, 0.25) is 0 Å². The molecule has 152 valence electrons. The molecule has 0 spiro atoms. The molecule has 0 aliphatic carbocycles. The minimum atomic E-state index is -4.70. The summed E-state index contributed by atoms with van der Waals surface area (Å²) >= 11 is 0.191. The molecule has 8 nitrogen and oxygen atoms in total. The first-order chi connectivity index (χ1) is 13.7. The molecule has 1 aromatic carbocycles. The number of aromatic nitrogens is 2. The van der Waals surface area contributed by atoms with Gasteiger partial charge in [-0.1, -0.05) is 24.3 Å². The van der Waals surface area contributed by atoms with Crippen LogP contribution in [0.3, 0.4) is 0 Å². The van der Waals surface area contributed by atoms with E-state index in [-0.39, 0.29) is 34.1 Å². The van der Waals surface area contributed by atoms with Gasteiger partial charge >= 0.3 is 18.2 Å². The molecular weight excluding hydrogens is 411 g/mol. The van der Waals surface area contributed by atoms with Crippen LogP contribution in [0.15, 0.2) is 24.3 Å². The van der Waals surface area contributed by atoms with Gasteiger partial charge in [-0.15, -0.1) is 10.2 Å². The minimum Gasteiger partial charge on any atom is -0.435 e. The maximum Gasteiger partial charge on any atom is 0.445 e. The van der Waals surface area contributed by atoms with Crippen molar-refractivity contribution in [3.8, 4) is 6.07 Å². The van der Waals surface area contributed by atoms with Crippen LogP contribution in [0.1, 0.15) is 34.3 Å². The molecule has 1 aromatic heterocycles. The Balaban J connectivity index is 1.88. The van der Waals surface area contributed by atoms with Gasteiger partial charge in [0.1, 0.15) is 0 Å². The number of hydrogen-bond acceptors (Lipinski definition) is 7. The van der Waals surface area contributed by atoms with Crippen molar-refractivity contribution in [2.75, 3.05) is 18.0 Å². The van der Waals surface area contributed by atoms with Gasteiger partial charge in [0.15, 0.2) is 0 Å². The molecule has 0 saturated carbocycles. The molecule has 1 saturated heterocycles. The van der Waals surface area contributed by atoms with Gasteiger partial charge in [0, 0.05) is 6.54 Å². The zero-order valence-electron chi connectivity index (χ0n) is 15.0. The van der Waals surface area contributed by atoms with E-state index in [1.165, 1.54) is 29.2 Å². The second kappa shape index (κ2) is 8.04. The lowest BCUT2D eigenvalue weighted by Crippen LogP contribution is -2.37. The Labute approximate surface area is 167 Å². The molecular formula is C17H14F3N5O3S. The molecule has 1 aliphatic heterocycles. The number of nitrogens with zero attached hydrogens (tertiary/aromatic N) is 5. The Hall–Kier alpha value is -3.20. The van der Waals surface area contributed by atoms with E-state index in [0.717, 1.165) is 4.90 Å². The van der Waals surface area contributed by atoms with Crippen LogP contribution in [0.5, 0.6) is 0 Å². The Bertz CT molecular complexity index is 972. The van der Waals surface area contributed by atoms with Gasteiger partial charge in [-0.25, -0.2) is 14.5 Å². The number of urea groups is 1. The molecule has 0 radical (unpaired) electrons. The van der Waals surface area contributed by atoms with Crippen molar-refractivity contribution in [1.29, 1.82) is 5.26 Å². The first kappa shape index (κ1) is 20.5. The molecule has 3 rings (SSSR count). The first-order valence-corrected chi connectivity index (χ1v) is 9.26. The summed E-state index contributed by atoms with van der Waals surface area (Å²) in [6.45, 7) is 2.13. The van der Waals surface area contributed by atoms with Gasteiger partial charge in [0.25, 0.3) is 0 Å². The average Bonchev–Trinajstić information content (AvgIpc) is 3.27. The van der Waals surface area contributed by atoms with Crippen LogP contribution >= 0.6 is 11.3 Å². The molecule has 0 bridgehead atoms. The van der Waals surface area contributed by atoms with Crippen molar-refractivity contribution in [2.24, 2.45) is 0 Å². The highest BCUT2D eigenvalue weighted by Gasteiger charge is 2.44. The standard InChI is InChI=1S/C17H14F3N5O3S/c1-2-6-24-9-12(28-13(26)11-5-3-4-10(7-11)8-21)25(16(24)27)15-23-22-14(29-15)17(18,19)20/h3-5,7,12H,2,6,9H2,1H3. The lowest BCUT2D eigenvalue weighted by atomic mass is 10.1. The fraction of sp³-hybridized carbons (Fsp3) is 0.353. The van der Waals surface area contributed by atoms with Gasteiger partial charge < -0.3 is 9.64 Å². The quantitative estimate of drug-likeness (QED) is 0.682. The number of carbonyl (C=O) groups excluding carboxylic acids is 2. The Morgan fingerprint density at radius 2 is 2.17 bits per heavy atom. The number of anilines is 1. The molecule has 1 aliphatic rings. The summed E-state index contributed by atoms with van der Waals surface area (Å²) in [4.78, 5) is 27.4.